The topological polar surface area (TPSA) is 47.9 Å². The first-order valence-corrected chi connectivity index (χ1v) is 11.6. The van der Waals surface area contributed by atoms with E-state index in [1.54, 1.807) is 7.11 Å². The second kappa shape index (κ2) is 10.9. The van der Waals surface area contributed by atoms with Gasteiger partial charge >= 0.3 is 0 Å². The maximum Gasteiger partial charge on any atom is 0.162 e. The molecule has 0 fully saturated rings. The second-order valence-corrected chi connectivity index (χ2v) is 9.13. The first-order valence-electron chi connectivity index (χ1n) is 10.8. The van der Waals surface area contributed by atoms with E-state index in [1.165, 1.54) is 0 Å². The number of benzene rings is 3. The molecule has 1 unspecified atom stereocenters. The molecule has 170 valence electrons. The van der Waals surface area contributed by atoms with Crippen LogP contribution in [0.3, 0.4) is 0 Å². The average molecular weight is 499 g/mol. The van der Waals surface area contributed by atoms with Crippen molar-refractivity contribution in [3.05, 3.63) is 87.4 Å². The van der Waals surface area contributed by atoms with Gasteiger partial charge in [0.1, 0.15) is 11.9 Å². The molecule has 3 rings (SSSR count). The minimum absolute atomic E-state index is 0.00926. The van der Waals surface area contributed by atoms with Crippen LogP contribution in [0.4, 0.5) is 0 Å². The van der Waals surface area contributed by atoms with E-state index in [0.29, 0.717) is 17.9 Å². The van der Waals surface area contributed by atoms with Gasteiger partial charge in [-0.3, -0.25) is 0 Å². The van der Waals surface area contributed by atoms with Gasteiger partial charge in [0.25, 0.3) is 0 Å². The van der Waals surface area contributed by atoms with Gasteiger partial charge in [-0.2, -0.15) is 0 Å². The van der Waals surface area contributed by atoms with E-state index < -0.39 is 6.10 Å². The van der Waals surface area contributed by atoms with Gasteiger partial charge in [-0.15, -0.1) is 0 Å². The standard InChI is InChI=1S/C27H31BrO4/c1-17(2)31-21-12-10-19(11-13-21)14-20-8-6-7-9-22(20)27(29)23-15-26(32-18(3)4)25(30-5)16-24(23)28/h6-13,15-18,27,29H,14H2,1-5H3. The molecule has 0 amide bonds. The highest BCUT2D eigenvalue weighted by atomic mass is 79.9. The van der Waals surface area contributed by atoms with Gasteiger partial charge in [-0.1, -0.05) is 52.3 Å². The Bertz CT molecular complexity index is 1030. The molecule has 5 heteroatoms. The van der Waals surface area contributed by atoms with Crippen LogP contribution in [-0.2, 0) is 6.42 Å². The van der Waals surface area contributed by atoms with Gasteiger partial charge in [0.2, 0.25) is 0 Å². The summed E-state index contributed by atoms with van der Waals surface area (Å²) in [6.07, 6.45) is 0.0250. The van der Waals surface area contributed by atoms with Crippen LogP contribution < -0.4 is 14.2 Å². The zero-order valence-electron chi connectivity index (χ0n) is 19.3. The van der Waals surface area contributed by atoms with Crippen molar-refractivity contribution in [3.63, 3.8) is 0 Å². The number of methoxy groups -OCH3 is 1. The molecule has 4 nitrogen and oxygen atoms in total. The molecule has 0 saturated heterocycles. The quantitative estimate of drug-likeness (QED) is 0.356. The fourth-order valence-electron chi connectivity index (χ4n) is 3.57. The van der Waals surface area contributed by atoms with Crippen LogP contribution in [0.1, 0.15) is 56.1 Å². The monoisotopic (exact) mass is 498 g/mol. The van der Waals surface area contributed by atoms with Gasteiger partial charge in [0.05, 0.1) is 19.3 Å². The third kappa shape index (κ3) is 6.05. The van der Waals surface area contributed by atoms with Crippen molar-refractivity contribution >= 4 is 15.9 Å². The zero-order valence-corrected chi connectivity index (χ0v) is 20.8. The molecule has 3 aromatic rings. The lowest BCUT2D eigenvalue weighted by atomic mass is 9.93. The normalized spacial score (nSPS) is 12.2. The summed E-state index contributed by atoms with van der Waals surface area (Å²) in [5.41, 5.74) is 3.80. The molecule has 0 radical (unpaired) electrons. The van der Waals surface area contributed by atoms with Crippen LogP contribution in [0.5, 0.6) is 17.2 Å². The summed E-state index contributed by atoms with van der Waals surface area (Å²) in [5.74, 6) is 2.09. The molecule has 0 bridgehead atoms. The van der Waals surface area contributed by atoms with E-state index in [1.807, 2.05) is 70.2 Å². The molecule has 1 N–H and O–H groups in total. The predicted octanol–water partition coefficient (Wildman–Crippen LogP) is 6.70. The number of ether oxygens (including phenoxy) is 3. The summed E-state index contributed by atoms with van der Waals surface area (Å²) >= 11 is 3.60. The highest BCUT2D eigenvalue weighted by molar-refractivity contribution is 9.10. The first kappa shape index (κ1) is 24.1. The van der Waals surface area contributed by atoms with Crippen LogP contribution in [0.25, 0.3) is 0 Å². The van der Waals surface area contributed by atoms with E-state index in [2.05, 4.69) is 34.1 Å². The van der Waals surface area contributed by atoms with Crippen LogP contribution in [-0.4, -0.2) is 24.4 Å². The van der Waals surface area contributed by atoms with Gasteiger partial charge in [0.15, 0.2) is 11.5 Å². The second-order valence-electron chi connectivity index (χ2n) is 8.28. The van der Waals surface area contributed by atoms with E-state index in [-0.39, 0.29) is 12.2 Å². The molecule has 0 spiro atoms. The minimum Gasteiger partial charge on any atom is -0.493 e. The lowest BCUT2D eigenvalue weighted by Gasteiger charge is -2.21. The average Bonchev–Trinajstić information content (AvgIpc) is 2.75. The Morgan fingerprint density at radius 1 is 0.812 bits per heavy atom. The number of halogens is 1. The van der Waals surface area contributed by atoms with Crippen LogP contribution in [0, 0.1) is 0 Å². The number of hydrogen-bond acceptors (Lipinski definition) is 4. The van der Waals surface area contributed by atoms with Crippen molar-refractivity contribution in [2.24, 2.45) is 0 Å². The smallest absolute Gasteiger partial charge is 0.162 e. The number of rotatable bonds is 9. The number of aliphatic hydroxyl groups is 1. The van der Waals surface area contributed by atoms with Crippen molar-refractivity contribution in [2.45, 2.75) is 52.4 Å². The van der Waals surface area contributed by atoms with Crippen molar-refractivity contribution in [1.29, 1.82) is 0 Å². The Morgan fingerprint density at radius 3 is 2.09 bits per heavy atom. The largest absolute Gasteiger partial charge is 0.493 e. The molecule has 0 aliphatic heterocycles. The summed E-state index contributed by atoms with van der Waals surface area (Å²) in [6.45, 7) is 7.95. The Labute approximate surface area is 199 Å². The molecule has 1 atom stereocenters. The third-order valence-corrected chi connectivity index (χ3v) is 5.67. The number of aliphatic hydroxyl groups excluding tert-OH is 1. The van der Waals surface area contributed by atoms with Crippen molar-refractivity contribution in [3.8, 4) is 17.2 Å². The van der Waals surface area contributed by atoms with Crippen molar-refractivity contribution in [1.82, 2.24) is 0 Å². The van der Waals surface area contributed by atoms with E-state index in [0.717, 1.165) is 32.5 Å². The van der Waals surface area contributed by atoms with Crippen LogP contribution >= 0.6 is 15.9 Å². The summed E-state index contributed by atoms with van der Waals surface area (Å²) in [4.78, 5) is 0. The molecule has 0 aliphatic rings. The third-order valence-electron chi connectivity index (χ3n) is 4.98. The van der Waals surface area contributed by atoms with Crippen LogP contribution in [0.15, 0.2) is 65.1 Å². The predicted molar refractivity (Wildman–Crippen MR) is 132 cm³/mol. The Kier molecular flexibility index (Phi) is 8.21. The van der Waals surface area contributed by atoms with Crippen molar-refractivity contribution < 1.29 is 19.3 Å². The van der Waals surface area contributed by atoms with Crippen LogP contribution in [0.2, 0.25) is 0 Å². The number of hydrogen-bond donors (Lipinski definition) is 1. The molecule has 32 heavy (non-hydrogen) atoms. The lowest BCUT2D eigenvalue weighted by Crippen LogP contribution is -2.09. The maximum absolute atomic E-state index is 11.4. The Balaban J connectivity index is 1.91. The highest BCUT2D eigenvalue weighted by Gasteiger charge is 2.21. The molecule has 3 aromatic carbocycles. The summed E-state index contributed by atoms with van der Waals surface area (Å²) in [7, 11) is 1.61. The lowest BCUT2D eigenvalue weighted by molar-refractivity contribution is 0.212. The molecular formula is C27H31BrO4. The molecular weight excluding hydrogens is 468 g/mol. The summed E-state index contributed by atoms with van der Waals surface area (Å²) in [5, 5.41) is 11.4. The van der Waals surface area contributed by atoms with Gasteiger partial charge in [-0.05, 0) is 75.1 Å². The highest BCUT2D eigenvalue weighted by Crippen LogP contribution is 2.39. The van der Waals surface area contributed by atoms with Gasteiger partial charge in [-0.25, -0.2) is 0 Å². The maximum atomic E-state index is 11.4. The first-order chi connectivity index (χ1) is 15.3. The molecule has 0 aliphatic carbocycles. The molecule has 0 aromatic heterocycles. The van der Waals surface area contributed by atoms with Crippen molar-refractivity contribution in [2.75, 3.05) is 7.11 Å². The molecule has 0 heterocycles. The summed E-state index contributed by atoms with van der Waals surface area (Å²) in [6, 6.07) is 19.8. The molecule has 0 saturated carbocycles. The Morgan fingerprint density at radius 2 is 1.47 bits per heavy atom. The van der Waals surface area contributed by atoms with E-state index >= 15 is 0 Å². The van der Waals surface area contributed by atoms with E-state index in [4.69, 9.17) is 14.2 Å². The fourth-order valence-corrected chi connectivity index (χ4v) is 4.11. The van der Waals surface area contributed by atoms with Gasteiger partial charge < -0.3 is 19.3 Å². The fraction of sp³-hybridized carbons (Fsp3) is 0.333. The Hall–Kier alpha value is -2.50. The SMILES string of the molecule is COc1cc(Br)c(C(O)c2ccccc2Cc2ccc(OC(C)C)cc2)cc1OC(C)C. The zero-order chi connectivity index (χ0) is 23.3. The van der Waals surface area contributed by atoms with Gasteiger partial charge in [0, 0.05) is 10.0 Å². The van der Waals surface area contributed by atoms with E-state index in [9.17, 15) is 5.11 Å². The summed E-state index contributed by atoms with van der Waals surface area (Å²) < 4.78 is 17.9. The minimum atomic E-state index is -0.815.